The smallest absolute Gasteiger partial charge is 0.416 e. The van der Waals surface area contributed by atoms with E-state index in [1.807, 2.05) is 32.2 Å². The molecule has 1 aromatic heterocycles. The van der Waals surface area contributed by atoms with Crippen molar-refractivity contribution in [3.05, 3.63) is 71.0 Å². The van der Waals surface area contributed by atoms with Gasteiger partial charge in [-0.05, 0) is 30.7 Å². The summed E-state index contributed by atoms with van der Waals surface area (Å²) in [5.74, 6) is 1.43. The van der Waals surface area contributed by atoms with E-state index in [0.29, 0.717) is 5.82 Å². The van der Waals surface area contributed by atoms with Crippen molar-refractivity contribution >= 4 is 11.8 Å². The summed E-state index contributed by atoms with van der Waals surface area (Å²) < 4.78 is 45.5. The highest BCUT2D eigenvalue weighted by Gasteiger charge is 2.30. The third-order valence-electron chi connectivity index (χ3n) is 3.90. The molecule has 0 aliphatic heterocycles. The Morgan fingerprint density at radius 1 is 1.07 bits per heavy atom. The van der Waals surface area contributed by atoms with Crippen molar-refractivity contribution in [3.8, 4) is 5.75 Å². The van der Waals surface area contributed by atoms with Gasteiger partial charge < -0.3 is 9.30 Å². The molecule has 0 fully saturated rings. The third kappa shape index (κ3) is 5.03. The van der Waals surface area contributed by atoms with Crippen molar-refractivity contribution in [1.82, 2.24) is 14.8 Å². The van der Waals surface area contributed by atoms with Gasteiger partial charge in [-0.3, -0.25) is 0 Å². The minimum atomic E-state index is -4.40. The zero-order chi connectivity index (χ0) is 19.4. The van der Waals surface area contributed by atoms with Crippen molar-refractivity contribution in [1.29, 1.82) is 0 Å². The first-order valence-corrected chi connectivity index (χ1v) is 9.18. The maximum absolute atomic E-state index is 12.8. The van der Waals surface area contributed by atoms with E-state index >= 15 is 0 Å². The van der Waals surface area contributed by atoms with Crippen molar-refractivity contribution < 1.29 is 17.9 Å². The normalized spacial score (nSPS) is 11.6. The minimum Gasteiger partial charge on any atom is -0.486 e. The van der Waals surface area contributed by atoms with Crippen LogP contribution in [0.25, 0.3) is 0 Å². The van der Waals surface area contributed by atoms with E-state index in [-0.39, 0.29) is 12.4 Å². The third-order valence-corrected chi connectivity index (χ3v) is 5.00. The summed E-state index contributed by atoms with van der Waals surface area (Å²) in [6.45, 7) is 2.08. The summed E-state index contributed by atoms with van der Waals surface area (Å²) in [5, 5.41) is 8.94. The predicted octanol–water partition coefficient (Wildman–Crippen LogP) is 5.01. The van der Waals surface area contributed by atoms with Gasteiger partial charge in [0.1, 0.15) is 12.4 Å². The number of rotatable bonds is 6. The largest absolute Gasteiger partial charge is 0.486 e. The first-order valence-electron chi connectivity index (χ1n) is 8.19. The van der Waals surface area contributed by atoms with Crippen molar-refractivity contribution in [3.63, 3.8) is 0 Å². The Morgan fingerprint density at radius 2 is 1.85 bits per heavy atom. The molecule has 0 saturated heterocycles. The molecule has 0 radical (unpaired) electrons. The van der Waals surface area contributed by atoms with E-state index in [9.17, 15) is 13.2 Å². The van der Waals surface area contributed by atoms with E-state index in [0.717, 1.165) is 23.0 Å². The van der Waals surface area contributed by atoms with Gasteiger partial charge >= 0.3 is 6.18 Å². The molecule has 0 aliphatic rings. The lowest BCUT2D eigenvalue weighted by atomic mass is 10.2. The zero-order valence-corrected chi connectivity index (χ0v) is 15.6. The summed E-state index contributed by atoms with van der Waals surface area (Å²) in [6.07, 6.45) is -4.40. The summed E-state index contributed by atoms with van der Waals surface area (Å²) in [5.41, 5.74) is 1.64. The molecule has 142 valence electrons. The topological polar surface area (TPSA) is 39.9 Å². The second-order valence-corrected chi connectivity index (χ2v) is 6.99. The van der Waals surface area contributed by atoms with Gasteiger partial charge in [-0.2, -0.15) is 13.2 Å². The molecule has 0 spiro atoms. The fraction of sp³-hybridized carbons (Fsp3) is 0.263. The molecule has 0 bridgehead atoms. The molecule has 3 rings (SSSR count). The number of halogens is 3. The van der Waals surface area contributed by atoms with E-state index in [1.54, 1.807) is 16.3 Å². The maximum Gasteiger partial charge on any atom is 0.416 e. The zero-order valence-electron chi connectivity index (χ0n) is 14.8. The SMILES string of the molecule is Cc1cccc(CSc2nnc(COc3cccc(C(F)(F)F)c3)n2C)c1. The number of nitrogens with zero attached hydrogens (tertiary/aromatic N) is 3. The molecule has 27 heavy (non-hydrogen) atoms. The summed E-state index contributed by atoms with van der Waals surface area (Å²) in [4.78, 5) is 0. The van der Waals surface area contributed by atoms with Gasteiger partial charge in [0.25, 0.3) is 0 Å². The van der Waals surface area contributed by atoms with Gasteiger partial charge in [-0.1, -0.05) is 47.7 Å². The highest BCUT2D eigenvalue weighted by Crippen LogP contribution is 2.31. The monoisotopic (exact) mass is 393 g/mol. The minimum absolute atomic E-state index is 0.0375. The molecular weight excluding hydrogens is 375 g/mol. The molecule has 0 saturated carbocycles. The van der Waals surface area contributed by atoms with Gasteiger partial charge in [0, 0.05) is 12.8 Å². The number of benzene rings is 2. The number of alkyl halides is 3. The Balaban J connectivity index is 1.62. The molecule has 0 N–H and O–H groups in total. The predicted molar refractivity (Wildman–Crippen MR) is 97.5 cm³/mol. The van der Waals surface area contributed by atoms with Crippen LogP contribution in [-0.4, -0.2) is 14.8 Å². The lowest BCUT2D eigenvalue weighted by Gasteiger charge is -2.10. The van der Waals surface area contributed by atoms with Crippen LogP contribution in [0.15, 0.2) is 53.7 Å². The van der Waals surface area contributed by atoms with E-state index in [4.69, 9.17) is 4.74 Å². The lowest BCUT2D eigenvalue weighted by molar-refractivity contribution is -0.137. The first kappa shape index (κ1) is 19.3. The molecule has 2 aromatic carbocycles. The van der Waals surface area contributed by atoms with Crippen molar-refractivity contribution in [2.75, 3.05) is 0 Å². The summed E-state index contributed by atoms with van der Waals surface area (Å²) in [6, 6.07) is 13.0. The number of hydrogen-bond acceptors (Lipinski definition) is 4. The van der Waals surface area contributed by atoms with Crippen molar-refractivity contribution in [2.24, 2.45) is 7.05 Å². The quantitative estimate of drug-likeness (QED) is 0.552. The molecule has 3 aromatic rings. The lowest BCUT2D eigenvalue weighted by Crippen LogP contribution is -2.07. The summed E-state index contributed by atoms with van der Waals surface area (Å²) in [7, 11) is 1.81. The molecule has 0 unspecified atom stereocenters. The van der Waals surface area contributed by atoms with Crippen LogP contribution in [0.5, 0.6) is 5.75 Å². The van der Waals surface area contributed by atoms with E-state index < -0.39 is 11.7 Å². The number of hydrogen-bond donors (Lipinski definition) is 0. The number of aryl methyl sites for hydroxylation is 1. The summed E-state index contributed by atoms with van der Waals surface area (Å²) >= 11 is 1.54. The van der Waals surface area contributed by atoms with Gasteiger partial charge in [0.15, 0.2) is 11.0 Å². The second kappa shape index (κ2) is 8.04. The van der Waals surface area contributed by atoms with Crippen LogP contribution in [0.1, 0.15) is 22.5 Å². The highest BCUT2D eigenvalue weighted by atomic mass is 32.2. The van der Waals surface area contributed by atoms with Crippen molar-refractivity contribution in [2.45, 2.75) is 30.6 Å². The van der Waals surface area contributed by atoms with Crippen LogP contribution in [-0.2, 0) is 25.6 Å². The Hall–Kier alpha value is -2.48. The van der Waals surface area contributed by atoms with Crippen LogP contribution < -0.4 is 4.74 Å². The highest BCUT2D eigenvalue weighted by molar-refractivity contribution is 7.98. The Bertz CT molecular complexity index is 925. The first-order chi connectivity index (χ1) is 12.8. The fourth-order valence-corrected chi connectivity index (χ4v) is 3.33. The molecule has 0 aliphatic carbocycles. The van der Waals surface area contributed by atoms with Crippen LogP contribution in [0.3, 0.4) is 0 Å². The van der Waals surface area contributed by atoms with Crippen LogP contribution in [0.4, 0.5) is 13.2 Å². The van der Waals surface area contributed by atoms with Crippen LogP contribution in [0.2, 0.25) is 0 Å². The maximum atomic E-state index is 12.8. The van der Waals surface area contributed by atoms with Gasteiger partial charge in [-0.25, -0.2) is 0 Å². The molecule has 1 heterocycles. The Morgan fingerprint density at radius 3 is 2.59 bits per heavy atom. The van der Waals surface area contributed by atoms with Gasteiger partial charge in [0.2, 0.25) is 0 Å². The standard InChI is InChI=1S/C19H18F3N3OS/c1-13-5-3-6-14(9-13)12-27-18-24-23-17(25(18)2)11-26-16-8-4-7-15(10-16)19(20,21)22/h3-10H,11-12H2,1-2H3. The molecule has 0 atom stereocenters. The molecule has 0 amide bonds. The molecule has 4 nitrogen and oxygen atoms in total. The van der Waals surface area contributed by atoms with Gasteiger partial charge in [-0.15, -0.1) is 10.2 Å². The Labute approximate surface area is 159 Å². The average Bonchev–Trinajstić information content (AvgIpc) is 2.98. The number of ether oxygens (including phenoxy) is 1. The van der Waals surface area contributed by atoms with Gasteiger partial charge in [0.05, 0.1) is 5.56 Å². The second-order valence-electron chi connectivity index (χ2n) is 6.05. The molecular formula is C19H18F3N3OS. The average molecular weight is 393 g/mol. The van der Waals surface area contributed by atoms with Crippen LogP contribution in [0, 0.1) is 6.92 Å². The van der Waals surface area contributed by atoms with Crippen LogP contribution >= 0.6 is 11.8 Å². The number of thioether (sulfide) groups is 1. The molecule has 8 heteroatoms. The van der Waals surface area contributed by atoms with E-state index in [2.05, 4.69) is 16.3 Å². The van der Waals surface area contributed by atoms with E-state index in [1.165, 1.54) is 23.3 Å². The number of aromatic nitrogens is 3. The fourth-order valence-electron chi connectivity index (χ4n) is 2.46. The Kier molecular flexibility index (Phi) is 5.74.